The van der Waals surface area contributed by atoms with Crippen molar-refractivity contribution in [2.24, 2.45) is 0 Å². The largest absolute Gasteiger partial charge is 0.481 e. The van der Waals surface area contributed by atoms with E-state index in [0.717, 1.165) is 6.07 Å². The zero-order valence-corrected chi connectivity index (χ0v) is 15.5. The number of carbonyl (C=O) groups excluding carboxylic acids is 2. The molecule has 2 amide bonds. The van der Waals surface area contributed by atoms with Crippen molar-refractivity contribution in [1.82, 2.24) is 4.90 Å². The molecule has 0 aliphatic rings. The third kappa shape index (κ3) is 5.48. The van der Waals surface area contributed by atoms with Gasteiger partial charge in [0.05, 0.1) is 12.2 Å². The fourth-order valence-electron chi connectivity index (χ4n) is 2.53. The number of halogens is 3. The van der Waals surface area contributed by atoms with Gasteiger partial charge in [-0.25, -0.2) is 13.2 Å². The Morgan fingerprint density at radius 1 is 1.07 bits per heavy atom. The van der Waals surface area contributed by atoms with Gasteiger partial charge in [-0.05, 0) is 37.6 Å². The van der Waals surface area contributed by atoms with E-state index in [1.165, 1.54) is 4.90 Å². The molecular weight excluding hydrogens is 373 g/mol. The average molecular weight is 394 g/mol. The van der Waals surface area contributed by atoms with E-state index in [-0.39, 0.29) is 13.1 Å². The SMILES string of the molecule is CCCN(CC(=O)Nc1ccc(F)c(F)c1F)C(=O)C(C)Oc1ccccc1. The van der Waals surface area contributed by atoms with Crippen molar-refractivity contribution in [2.45, 2.75) is 26.4 Å². The van der Waals surface area contributed by atoms with Gasteiger partial charge in [-0.1, -0.05) is 25.1 Å². The van der Waals surface area contributed by atoms with Crippen molar-refractivity contribution in [2.75, 3.05) is 18.4 Å². The first-order valence-electron chi connectivity index (χ1n) is 8.77. The summed E-state index contributed by atoms with van der Waals surface area (Å²) in [6.07, 6.45) is -0.266. The van der Waals surface area contributed by atoms with Crippen LogP contribution in [0.5, 0.6) is 5.75 Å². The Morgan fingerprint density at radius 2 is 1.75 bits per heavy atom. The lowest BCUT2D eigenvalue weighted by atomic mass is 10.2. The second-order valence-electron chi connectivity index (χ2n) is 6.10. The number of rotatable bonds is 8. The van der Waals surface area contributed by atoms with E-state index in [4.69, 9.17) is 4.74 Å². The van der Waals surface area contributed by atoms with Crippen molar-refractivity contribution >= 4 is 17.5 Å². The second-order valence-corrected chi connectivity index (χ2v) is 6.10. The van der Waals surface area contributed by atoms with Crippen LogP contribution in [0.15, 0.2) is 42.5 Å². The van der Waals surface area contributed by atoms with Crippen molar-refractivity contribution in [3.8, 4) is 5.75 Å². The highest BCUT2D eigenvalue weighted by Crippen LogP contribution is 2.19. The summed E-state index contributed by atoms with van der Waals surface area (Å²) in [6.45, 7) is 3.28. The Labute approximate surface area is 161 Å². The van der Waals surface area contributed by atoms with E-state index < -0.39 is 41.1 Å². The maximum atomic E-state index is 13.7. The highest BCUT2D eigenvalue weighted by Gasteiger charge is 2.24. The molecular formula is C20H21F3N2O3. The number of anilines is 1. The highest BCUT2D eigenvalue weighted by atomic mass is 19.2. The lowest BCUT2D eigenvalue weighted by Crippen LogP contribution is -2.44. The predicted molar refractivity (Wildman–Crippen MR) is 98.3 cm³/mol. The molecule has 5 nitrogen and oxygen atoms in total. The van der Waals surface area contributed by atoms with Crippen LogP contribution in [0.4, 0.5) is 18.9 Å². The van der Waals surface area contributed by atoms with Crippen LogP contribution in [-0.2, 0) is 9.59 Å². The quantitative estimate of drug-likeness (QED) is 0.694. The topological polar surface area (TPSA) is 58.6 Å². The van der Waals surface area contributed by atoms with Crippen LogP contribution in [-0.4, -0.2) is 35.9 Å². The van der Waals surface area contributed by atoms with E-state index in [0.29, 0.717) is 18.2 Å². The summed E-state index contributed by atoms with van der Waals surface area (Å²) in [5.41, 5.74) is -0.499. The third-order valence-corrected chi connectivity index (χ3v) is 3.85. The molecule has 0 heterocycles. The molecule has 1 atom stereocenters. The first kappa shape index (κ1) is 21.3. The van der Waals surface area contributed by atoms with Crippen molar-refractivity contribution in [1.29, 1.82) is 0 Å². The summed E-state index contributed by atoms with van der Waals surface area (Å²) in [7, 11) is 0. The van der Waals surface area contributed by atoms with Crippen LogP contribution in [0.25, 0.3) is 0 Å². The summed E-state index contributed by atoms with van der Waals surface area (Å²) in [5, 5.41) is 2.16. The molecule has 2 aromatic carbocycles. The number of hydrogen-bond acceptors (Lipinski definition) is 3. The first-order chi connectivity index (χ1) is 13.3. The maximum Gasteiger partial charge on any atom is 0.263 e. The standard InChI is InChI=1S/C20H21F3N2O3/c1-3-11-25(20(27)13(2)28-14-7-5-4-6-8-14)12-17(26)24-16-10-9-15(21)18(22)19(16)23/h4-10,13H,3,11-12H2,1-2H3,(H,24,26). The van der Waals surface area contributed by atoms with Gasteiger partial charge in [-0.3, -0.25) is 9.59 Å². The van der Waals surface area contributed by atoms with E-state index in [1.54, 1.807) is 31.2 Å². The molecule has 150 valence electrons. The fraction of sp³-hybridized carbons (Fsp3) is 0.300. The molecule has 2 aromatic rings. The molecule has 8 heteroatoms. The average Bonchev–Trinajstić information content (AvgIpc) is 2.68. The van der Waals surface area contributed by atoms with Gasteiger partial charge < -0.3 is 15.0 Å². The summed E-state index contributed by atoms with van der Waals surface area (Å²) in [4.78, 5) is 26.1. The van der Waals surface area contributed by atoms with Gasteiger partial charge in [-0.15, -0.1) is 0 Å². The van der Waals surface area contributed by atoms with Gasteiger partial charge in [0.25, 0.3) is 5.91 Å². The van der Waals surface area contributed by atoms with Crippen molar-refractivity contribution in [3.63, 3.8) is 0 Å². The molecule has 0 spiro atoms. The van der Waals surface area contributed by atoms with E-state index in [2.05, 4.69) is 5.32 Å². The molecule has 0 radical (unpaired) electrons. The Hall–Kier alpha value is -3.03. The van der Waals surface area contributed by atoms with Crippen molar-refractivity contribution < 1.29 is 27.5 Å². The summed E-state index contributed by atoms with van der Waals surface area (Å²) >= 11 is 0. The number of carbonyl (C=O) groups is 2. The summed E-state index contributed by atoms with van der Waals surface area (Å²) in [6, 6.07) is 10.4. The monoisotopic (exact) mass is 394 g/mol. The van der Waals surface area contributed by atoms with Crippen LogP contribution in [0.3, 0.4) is 0 Å². The molecule has 0 fully saturated rings. The van der Waals surface area contributed by atoms with Crippen LogP contribution >= 0.6 is 0 Å². The Morgan fingerprint density at radius 3 is 2.39 bits per heavy atom. The van der Waals surface area contributed by atoms with Crippen molar-refractivity contribution in [3.05, 3.63) is 59.9 Å². The number of hydrogen-bond donors (Lipinski definition) is 1. The summed E-state index contributed by atoms with van der Waals surface area (Å²) < 4.78 is 45.6. The number of para-hydroxylation sites is 1. The molecule has 0 saturated heterocycles. The van der Waals surface area contributed by atoms with Gasteiger partial charge in [0.15, 0.2) is 23.6 Å². The van der Waals surface area contributed by atoms with Crippen LogP contribution in [0.2, 0.25) is 0 Å². The highest BCUT2D eigenvalue weighted by molar-refractivity contribution is 5.95. The molecule has 2 rings (SSSR count). The molecule has 0 bridgehead atoms. The minimum Gasteiger partial charge on any atom is -0.481 e. The lowest BCUT2D eigenvalue weighted by molar-refractivity contribution is -0.140. The molecule has 0 aromatic heterocycles. The number of ether oxygens (including phenoxy) is 1. The molecule has 1 unspecified atom stereocenters. The van der Waals surface area contributed by atoms with E-state index in [1.807, 2.05) is 13.0 Å². The minimum atomic E-state index is -1.68. The zero-order chi connectivity index (χ0) is 20.7. The Bertz CT molecular complexity index is 831. The van der Waals surface area contributed by atoms with Gasteiger partial charge >= 0.3 is 0 Å². The first-order valence-corrected chi connectivity index (χ1v) is 8.77. The predicted octanol–water partition coefficient (Wildman–Crippen LogP) is 3.75. The van der Waals surface area contributed by atoms with E-state index in [9.17, 15) is 22.8 Å². The Kier molecular flexibility index (Phi) is 7.43. The van der Waals surface area contributed by atoms with Gasteiger partial charge in [0, 0.05) is 6.54 Å². The fourth-order valence-corrected chi connectivity index (χ4v) is 2.53. The molecule has 1 N–H and O–H groups in total. The van der Waals surface area contributed by atoms with Crippen LogP contribution in [0.1, 0.15) is 20.3 Å². The van der Waals surface area contributed by atoms with Crippen LogP contribution in [0, 0.1) is 17.5 Å². The number of nitrogens with zero attached hydrogens (tertiary/aromatic N) is 1. The maximum absolute atomic E-state index is 13.7. The second kappa shape index (κ2) is 9.77. The zero-order valence-electron chi connectivity index (χ0n) is 15.5. The van der Waals surface area contributed by atoms with Crippen LogP contribution < -0.4 is 10.1 Å². The van der Waals surface area contributed by atoms with Gasteiger partial charge in [0.2, 0.25) is 5.91 Å². The third-order valence-electron chi connectivity index (χ3n) is 3.85. The number of nitrogens with one attached hydrogen (secondary N) is 1. The van der Waals surface area contributed by atoms with E-state index >= 15 is 0 Å². The Balaban J connectivity index is 2.03. The number of amides is 2. The molecule has 0 saturated carbocycles. The normalized spacial score (nSPS) is 11.6. The minimum absolute atomic E-state index is 0.273. The smallest absolute Gasteiger partial charge is 0.263 e. The number of benzene rings is 2. The lowest BCUT2D eigenvalue weighted by Gasteiger charge is -2.25. The molecule has 28 heavy (non-hydrogen) atoms. The van der Waals surface area contributed by atoms with Gasteiger partial charge in [-0.2, -0.15) is 0 Å². The summed E-state index contributed by atoms with van der Waals surface area (Å²) in [5.74, 6) is -5.19. The molecule has 0 aliphatic heterocycles. The van der Waals surface area contributed by atoms with Gasteiger partial charge in [0.1, 0.15) is 5.75 Å². The molecule has 0 aliphatic carbocycles.